The molecule has 0 saturated heterocycles. The molecule has 0 heterocycles. The normalized spacial score (nSPS) is 21.1. The molecule has 3 heteroatoms. The lowest BCUT2D eigenvalue weighted by atomic mass is 10.1. The topological polar surface area (TPSA) is 26.0 Å². The second-order valence-electron chi connectivity index (χ2n) is 3.11. The summed E-state index contributed by atoms with van der Waals surface area (Å²) in [7, 11) is 0. The van der Waals surface area contributed by atoms with Crippen LogP contribution in [0.15, 0.2) is 12.1 Å². The Morgan fingerprint density at radius 3 is 3.00 bits per heavy atom. The second-order valence-corrected chi connectivity index (χ2v) is 4.68. The summed E-state index contributed by atoms with van der Waals surface area (Å²) < 4.78 is 1.10. The van der Waals surface area contributed by atoms with Crippen LogP contribution in [0.4, 0.5) is 0 Å². The number of benzene rings is 1. The fourth-order valence-electron chi connectivity index (χ4n) is 1.63. The van der Waals surface area contributed by atoms with Crippen molar-refractivity contribution in [1.29, 1.82) is 0 Å². The minimum absolute atomic E-state index is 0.228. The van der Waals surface area contributed by atoms with E-state index in [1.807, 2.05) is 6.07 Å². The van der Waals surface area contributed by atoms with Gasteiger partial charge in [0, 0.05) is 9.61 Å². The Bertz CT molecular complexity index is 325. The van der Waals surface area contributed by atoms with Crippen LogP contribution in [-0.2, 0) is 6.42 Å². The molecule has 0 aromatic heterocycles. The molecular weight excluding hydrogens is 284 g/mol. The highest BCUT2D eigenvalue weighted by atomic mass is 127. The average molecular weight is 294 g/mol. The van der Waals surface area contributed by atoms with Gasteiger partial charge < -0.3 is 5.73 Å². The smallest absolute Gasteiger partial charge is 0.0542 e. The van der Waals surface area contributed by atoms with E-state index in [4.69, 9.17) is 17.3 Å². The first kappa shape index (κ1) is 8.78. The number of nitrogens with two attached hydrogens (primary N) is 1. The van der Waals surface area contributed by atoms with E-state index in [0.29, 0.717) is 0 Å². The largest absolute Gasteiger partial charge is 0.324 e. The van der Waals surface area contributed by atoms with Crippen molar-refractivity contribution in [3.05, 3.63) is 31.9 Å². The molecule has 0 spiro atoms. The van der Waals surface area contributed by atoms with Crippen molar-refractivity contribution in [3.63, 3.8) is 0 Å². The van der Waals surface area contributed by atoms with Crippen molar-refractivity contribution in [2.75, 3.05) is 0 Å². The fraction of sp³-hybridized carbons (Fsp3) is 0.333. The van der Waals surface area contributed by atoms with Crippen LogP contribution < -0.4 is 5.73 Å². The van der Waals surface area contributed by atoms with Crippen LogP contribution >= 0.6 is 34.2 Å². The van der Waals surface area contributed by atoms with Crippen LogP contribution in [0.5, 0.6) is 0 Å². The average Bonchev–Trinajstić information content (AvgIpc) is 2.35. The first-order chi connectivity index (χ1) is 5.68. The van der Waals surface area contributed by atoms with Crippen molar-refractivity contribution >= 4 is 34.2 Å². The molecule has 1 aliphatic carbocycles. The third kappa shape index (κ3) is 1.36. The molecule has 1 atom stereocenters. The molecule has 0 radical (unpaired) electrons. The summed E-state index contributed by atoms with van der Waals surface area (Å²) in [6, 6.07) is 4.38. The molecule has 2 N–H and O–H groups in total. The van der Waals surface area contributed by atoms with Gasteiger partial charge in [-0.3, -0.25) is 0 Å². The molecular formula is C9H9ClIN. The fourth-order valence-corrected chi connectivity index (χ4v) is 2.31. The van der Waals surface area contributed by atoms with Crippen molar-refractivity contribution in [1.82, 2.24) is 0 Å². The van der Waals surface area contributed by atoms with Gasteiger partial charge in [0.25, 0.3) is 0 Å². The van der Waals surface area contributed by atoms with Crippen molar-refractivity contribution < 1.29 is 0 Å². The molecule has 0 bridgehead atoms. The quantitative estimate of drug-likeness (QED) is 0.731. The van der Waals surface area contributed by atoms with Crippen molar-refractivity contribution in [2.24, 2.45) is 5.73 Å². The SMILES string of the molecule is NC1CCc2cc(Cl)c(I)cc21. The van der Waals surface area contributed by atoms with Crippen molar-refractivity contribution in [2.45, 2.75) is 18.9 Å². The number of fused-ring (bicyclic) bond motifs is 1. The Morgan fingerprint density at radius 2 is 2.25 bits per heavy atom. The summed E-state index contributed by atoms with van der Waals surface area (Å²) >= 11 is 8.23. The van der Waals surface area contributed by atoms with Gasteiger partial charge >= 0.3 is 0 Å². The Balaban J connectivity index is 2.56. The van der Waals surface area contributed by atoms with Crippen LogP contribution in [0.1, 0.15) is 23.6 Å². The minimum atomic E-state index is 0.228. The number of hydrogen-bond donors (Lipinski definition) is 1. The third-order valence-corrected chi connectivity index (χ3v) is 3.83. The molecule has 0 aliphatic heterocycles. The Labute approximate surface area is 90.4 Å². The highest BCUT2D eigenvalue weighted by molar-refractivity contribution is 14.1. The zero-order chi connectivity index (χ0) is 8.72. The lowest BCUT2D eigenvalue weighted by Gasteiger charge is -2.05. The summed E-state index contributed by atoms with van der Waals surface area (Å²) in [4.78, 5) is 0. The molecule has 1 aromatic carbocycles. The second kappa shape index (κ2) is 3.16. The van der Waals surface area contributed by atoms with Crippen LogP contribution in [-0.4, -0.2) is 0 Å². The van der Waals surface area contributed by atoms with Gasteiger partial charge in [-0.05, 0) is 58.7 Å². The lowest BCUT2D eigenvalue weighted by Crippen LogP contribution is -2.05. The lowest BCUT2D eigenvalue weighted by molar-refractivity contribution is 0.713. The summed E-state index contributed by atoms with van der Waals surface area (Å²) in [5.41, 5.74) is 8.53. The van der Waals surface area contributed by atoms with Crippen LogP contribution in [0.2, 0.25) is 5.02 Å². The van der Waals surface area contributed by atoms with Crippen LogP contribution in [0.3, 0.4) is 0 Å². The first-order valence-corrected chi connectivity index (χ1v) is 5.37. The van der Waals surface area contributed by atoms with E-state index in [1.165, 1.54) is 11.1 Å². The number of aryl methyl sites for hydroxylation is 1. The van der Waals surface area contributed by atoms with Crippen LogP contribution in [0, 0.1) is 3.57 Å². The maximum Gasteiger partial charge on any atom is 0.0542 e. The Hall–Kier alpha value is 0.200. The van der Waals surface area contributed by atoms with Gasteiger partial charge in [-0.25, -0.2) is 0 Å². The minimum Gasteiger partial charge on any atom is -0.324 e. The zero-order valence-corrected chi connectivity index (χ0v) is 9.39. The first-order valence-electron chi connectivity index (χ1n) is 3.92. The van der Waals surface area contributed by atoms with Gasteiger partial charge in [0.05, 0.1) is 5.02 Å². The van der Waals surface area contributed by atoms with Gasteiger partial charge in [-0.15, -0.1) is 0 Å². The number of rotatable bonds is 0. The standard InChI is InChI=1S/C9H9ClIN/c10-7-3-5-1-2-9(12)6(5)4-8(7)11/h3-4,9H,1-2,12H2. The Morgan fingerprint density at radius 1 is 1.50 bits per heavy atom. The highest BCUT2D eigenvalue weighted by Gasteiger charge is 2.19. The molecule has 0 amide bonds. The number of halogens is 2. The van der Waals surface area contributed by atoms with Gasteiger partial charge in [0.1, 0.15) is 0 Å². The van der Waals surface area contributed by atoms with Crippen molar-refractivity contribution in [3.8, 4) is 0 Å². The summed E-state index contributed by atoms with van der Waals surface area (Å²) in [6.45, 7) is 0. The van der Waals surface area contributed by atoms with E-state index in [2.05, 4.69) is 28.7 Å². The number of hydrogen-bond acceptors (Lipinski definition) is 1. The maximum absolute atomic E-state index is 5.99. The molecule has 2 rings (SSSR count). The third-order valence-electron chi connectivity index (χ3n) is 2.31. The van der Waals surface area contributed by atoms with E-state index >= 15 is 0 Å². The predicted octanol–water partition coefficient (Wildman–Crippen LogP) is 2.89. The van der Waals surface area contributed by atoms with E-state index in [-0.39, 0.29) is 6.04 Å². The molecule has 12 heavy (non-hydrogen) atoms. The summed E-state index contributed by atoms with van der Waals surface area (Å²) in [5.74, 6) is 0. The molecule has 1 aromatic rings. The van der Waals surface area contributed by atoms with E-state index < -0.39 is 0 Å². The summed E-state index contributed by atoms with van der Waals surface area (Å²) in [5, 5.41) is 0.850. The zero-order valence-electron chi connectivity index (χ0n) is 6.48. The van der Waals surface area contributed by atoms with Gasteiger partial charge in [-0.2, -0.15) is 0 Å². The highest BCUT2D eigenvalue weighted by Crippen LogP contribution is 2.33. The molecule has 1 nitrogen and oxygen atoms in total. The molecule has 1 unspecified atom stereocenters. The van der Waals surface area contributed by atoms with Gasteiger partial charge in [0.2, 0.25) is 0 Å². The monoisotopic (exact) mass is 293 g/mol. The van der Waals surface area contributed by atoms with E-state index in [0.717, 1.165) is 21.4 Å². The molecule has 1 aliphatic rings. The van der Waals surface area contributed by atoms with Gasteiger partial charge in [0.15, 0.2) is 0 Å². The molecule has 0 saturated carbocycles. The van der Waals surface area contributed by atoms with Crippen LogP contribution in [0.25, 0.3) is 0 Å². The van der Waals surface area contributed by atoms with E-state index in [1.54, 1.807) is 0 Å². The maximum atomic E-state index is 5.99. The van der Waals surface area contributed by atoms with E-state index in [9.17, 15) is 0 Å². The molecule has 0 fully saturated rings. The molecule has 64 valence electrons. The summed E-state index contributed by atoms with van der Waals surface area (Å²) in [6.07, 6.45) is 2.14. The Kier molecular flexibility index (Phi) is 2.31. The van der Waals surface area contributed by atoms with Gasteiger partial charge in [-0.1, -0.05) is 11.6 Å². The predicted molar refractivity (Wildman–Crippen MR) is 59.4 cm³/mol.